The molecule has 10 heteroatoms. The van der Waals surface area contributed by atoms with Gasteiger partial charge in [-0.25, -0.2) is 19.9 Å². The summed E-state index contributed by atoms with van der Waals surface area (Å²) in [6.45, 7) is 11.0. The predicted octanol–water partition coefficient (Wildman–Crippen LogP) is 3.49. The SMILES string of the molecule is Cc1cc(C)nc(N/C(=N/C(=S)Nc2cccc(C)c2C)N2CCN(c3ncccn3)CC2)n1. The van der Waals surface area contributed by atoms with Crippen LogP contribution in [-0.2, 0) is 0 Å². The van der Waals surface area contributed by atoms with Gasteiger partial charge >= 0.3 is 0 Å². The molecule has 2 N–H and O–H groups in total. The zero-order chi connectivity index (χ0) is 24.1. The molecule has 0 atom stereocenters. The lowest BCUT2D eigenvalue weighted by molar-refractivity contribution is 0.382. The Bertz CT molecular complexity index is 1170. The van der Waals surface area contributed by atoms with Crippen molar-refractivity contribution in [3.63, 3.8) is 0 Å². The molecule has 0 spiro atoms. The first-order valence-electron chi connectivity index (χ1n) is 11.2. The number of guanidine groups is 1. The van der Waals surface area contributed by atoms with E-state index in [4.69, 9.17) is 17.2 Å². The third kappa shape index (κ3) is 5.82. The number of rotatable bonds is 3. The zero-order valence-electron chi connectivity index (χ0n) is 19.9. The van der Waals surface area contributed by atoms with Gasteiger partial charge in [-0.2, -0.15) is 4.99 Å². The van der Waals surface area contributed by atoms with Gasteiger partial charge in [-0.15, -0.1) is 0 Å². The minimum absolute atomic E-state index is 0.370. The van der Waals surface area contributed by atoms with E-state index in [1.807, 2.05) is 38.1 Å². The Morgan fingerprint density at radius 1 is 0.912 bits per heavy atom. The number of nitrogens with one attached hydrogen (secondary N) is 2. The molecule has 176 valence electrons. The van der Waals surface area contributed by atoms with Gasteiger partial charge in [0, 0.05) is 55.6 Å². The molecule has 0 saturated carbocycles. The maximum absolute atomic E-state index is 5.62. The van der Waals surface area contributed by atoms with E-state index in [-0.39, 0.29) is 0 Å². The summed E-state index contributed by atoms with van der Waals surface area (Å²) in [5.41, 5.74) is 5.05. The van der Waals surface area contributed by atoms with Crippen LogP contribution in [0.2, 0.25) is 0 Å². The van der Waals surface area contributed by atoms with Gasteiger partial charge < -0.3 is 15.1 Å². The molecule has 1 aromatic carbocycles. The van der Waals surface area contributed by atoms with Crippen LogP contribution >= 0.6 is 12.2 Å². The zero-order valence-corrected chi connectivity index (χ0v) is 20.7. The minimum atomic E-state index is 0.370. The van der Waals surface area contributed by atoms with Gasteiger partial charge in [0.1, 0.15) is 0 Å². The summed E-state index contributed by atoms with van der Waals surface area (Å²) in [7, 11) is 0. The average molecular weight is 476 g/mol. The Balaban J connectivity index is 1.55. The van der Waals surface area contributed by atoms with Crippen molar-refractivity contribution in [3.05, 3.63) is 65.2 Å². The normalized spacial score (nSPS) is 14.2. The number of piperazine rings is 1. The molecule has 1 aliphatic rings. The molecule has 1 fully saturated rings. The maximum Gasteiger partial charge on any atom is 0.229 e. The predicted molar refractivity (Wildman–Crippen MR) is 141 cm³/mol. The fraction of sp³-hybridized carbons (Fsp3) is 0.333. The molecule has 1 aliphatic heterocycles. The Labute approximate surface area is 205 Å². The second-order valence-electron chi connectivity index (χ2n) is 8.24. The Kier molecular flexibility index (Phi) is 7.27. The second kappa shape index (κ2) is 10.5. The van der Waals surface area contributed by atoms with Crippen LogP contribution < -0.4 is 15.5 Å². The Morgan fingerprint density at radius 3 is 2.26 bits per heavy atom. The van der Waals surface area contributed by atoms with Crippen molar-refractivity contribution < 1.29 is 0 Å². The van der Waals surface area contributed by atoms with E-state index < -0.39 is 0 Å². The molecule has 0 unspecified atom stereocenters. The van der Waals surface area contributed by atoms with Crippen molar-refractivity contribution in [3.8, 4) is 0 Å². The molecule has 4 rings (SSSR count). The van der Waals surface area contributed by atoms with Crippen LogP contribution in [0.15, 0.2) is 47.7 Å². The van der Waals surface area contributed by atoms with Crippen LogP contribution in [0.1, 0.15) is 22.5 Å². The first-order valence-corrected chi connectivity index (χ1v) is 11.6. The minimum Gasteiger partial charge on any atom is -0.339 e. The third-order valence-electron chi connectivity index (χ3n) is 5.67. The topological polar surface area (TPSA) is 94.5 Å². The summed E-state index contributed by atoms with van der Waals surface area (Å²) < 4.78 is 0. The standard InChI is InChI=1S/C24H29N9S/c1-16-7-5-8-20(19(16)4)29-24(34)31-23(30-21-27-17(2)15-18(3)28-21)33-13-11-32(12-14-33)22-25-9-6-10-26-22/h5-10,15H,11-14H2,1-4H3,(H2,27,28,29,30,31,34). The lowest BCUT2D eigenvalue weighted by atomic mass is 10.1. The number of aliphatic imine (C=N–C) groups is 1. The monoisotopic (exact) mass is 475 g/mol. The van der Waals surface area contributed by atoms with Crippen LogP contribution in [-0.4, -0.2) is 62.1 Å². The molecular weight excluding hydrogens is 446 g/mol. The van der Waals surface area contributed by atoms with Crippen LogP contribution in [0, 0.1) is 27.7 Å². The number of thiocarbonyl (C=S) groups is 1. The van der Waals surface area contributed by atoms with Crippen molar-refractivity contribution >= 4 is 40.9 Å². The highest BCUT2D eigenvalue weighted by Gasteiger charge is 2.22. The molecule has 0 radical (unpaired) electrons. The Hall–Kier alpha value is -3.66. The lowest BCUT2D eigenvalue weighted by Crippen LogP contribution is -2.51. The van der Waals surface area contributed by atoms with Crippen molar-refractivity contribution in [1.82, 2.24) is 24.8 Å². The van der Waals surface area contributed by atoms with Gasteiger partial charge in [-0.3, -0.25) is 5.32 Å². The lowest BCUT2D eigenvalue weighted by Gasteiger charge is -2.36. The Morgan fingerprint density at radius 2 is 1.59 bits per heavy atom. The van der Waals surface area contributed by atoms with Crippen LogP contribution in [0.4, 0.5) is 17.6 Å². The van der Waals surface area contributed by atoms with Gasteiger partial charge in [-0.1, -0.05) is 12.1 Å². The van der Waals surface area contributed by atoms with Crippen molar-refractivity contribution in [2.75, 3.05) is 41.7 Å². The van der Waals surface area contributed by atoms with E-state index in [1.54, 1.807) is 12.4 Å². The average Bonchev–Trinajstić information content (AvgIpc) is 2.82. The summed E-state index contributed by atoms with van der Waals surface area (Å²) in [6.07, 6.45) is 3.52. The van der Waals surface area contributed by atoms with E-state index >= 15 is 0 Å². The molecule has 0 amide bonds. The first-order chi connectivity index (χ1) is 16.4. The van der Waals surface area contributed by atoms with Crippen molar-refractivity contribution in [2.45, 2.75) is 27.7 Å². The second-order valence-corrected chi connectivity index (χ2v) is 8.62. The molecule has 3 heterocycles. The number of aromatic nitrogens is 4. The molecule has 2 aromatic heterocycles. The molecule has 34 heavy (non-hydrogen) atoms. The highest BCUT2D eigenvalue weighted by atomic mass is 32.1. The van der Waals surface area contributed by atoms with E-state index in [9.17, 15) is 0 Å². The molecular formula is C24H29N9S. The van der Waals surface area contributed by atoms with Crippen LogP contribution in [0.25, 0.3) is 0 Å². The summed E-state index contributed by atoms with van der Waals surface area (Å²) in [5, 5.41) is 6.94. The summed E-state index contributed by atoms with van der Waals surface area (Å²) in [5.74, 6) is 1.85. The molecule has 3 aromatic rings. The fourth-order valence-electron chi connectivity index (χ4n) is 3.76. The fourth-order valence-corrected chi connectivity index (χ4v) is 3.95. The van der Waals surface area contributed by atoms with Crippen LogP contribution in [0.3, 0.4) is 0 Å². The van der Waals surface area contributed by atoms with E-state index in [2.05, 4.69) is 60.3 Å². The van der Waals surface area contributed by atoms with E-state index in [0.717, 1.165) is 54.8 Å². The first kappa shape index (κ1) is 23.5. The summed E-state index contributed by atoms with van der Waals surface area (Å²) >= 11 is 5.62. The number of hydrogen-bond donors (Lipinski definition) is 2. The smallest absolute Gasteiger partial charge is 0.229 e. The highest BCUT2D eigenvalue weighted by Crippen LogP contribution is 2.18. The third-order valence-corrected chi connectivity index (χ3v) is 5.87. The van der Waals surface area contributed by atoms with Crippen molar-refractivity contribution in [2.24, 2.45) is 4.99 Å². The van der Waals surface area contributed by atoms with E-state index in [1.165, 1.54) is 5.56 Å². The van der Waals surface area contributed by atoms with Gasteiger partial charge in [-0.05, 0) is 69.2 Å². The van der Waals surface area contributed by atoms with Gasteiger partial charge in [0.25, 0.3) is 0 Å². The largest absolute Gasteiger partial charge is 0.339 e. The van der Waals surface area contributed by atoms with Gasteiger partial charge in [0.15, 0.2) is 0 Å². The number of benzene rings is 1. The highest BCUT2D eigenvalue weighted by molar-refractivity contribution is 7.80. The number of aryl methyl sites for hydroxylation is 3. The number of nitrogens with zero attached hydrogens (tertiary/aromatic N) is 7. The van der Waals surface area contributed by atoms with Gasteiger partial charge in [0.05, 0.1) is 0 Å². The number of hydrogen-bond acceptors (Lipinski definition) is 6. The van der Waals surface area contributed by atoms with Crippen LogP contribution in [0.5, 0.6) is 0 Å². The van der Waals surface area contributed by atoms with E-state index in [0.29, 0.717) is 17.0 Å². The van der Waals surface area contributed by atoms with Crippen molar-refractivity contribution in [1.29, 1.82) is 0 Å². The van der Waals surface area contributed by atoms with Gasteiger partial charge in [0.2, 0.25) is 23.0 Å². The number of anilines is 3. The summed E-state index contributed by atoms with van der Waals surface area (Å²) in [6, 6.07) is 9.84. The molecule has 9 nitrogen and oxygen atoms in total. The molecule has 1 saturated heterocycles. The molecule has 0 aliphatic carbocycles. The maximum atomic E-state index is 5.62. The molecule has 0 bridgehead atoms. The quantitative estimate of drug-likeness (QED) is 0.335. The summed E-state index contributed by atoms with van der Waals surface area (Å²) in [4.78, 5) is 26.8.